The van der Waals surface area contributed by atoms with E-state index in [-0.39, 0.29) is 18.3 Å². The Bertz CT molecular complexity index is 402. The van der Waals surface area contributed by atoms with Gasteiger partial charge < -0.3 is 15.0 Å². The molecule has 1 aromatic rings. The van der Waals surface area contributed by atoms with Crippen molar-refractivity contribution in [3.63, 3.8) is 0 Å². The van der Waals surface area contributed by atoms with Crippen molar-refractivity contribution in [3.8, 4) is 0 Å². The van der Waals surface area contributed by atoms with Gasteiger partial charge in [-0.05, 0) is 30.7 Å². The van der Waals surface area contributed by atoms with Gasteiger partial charge in [-0.2, -0.15) is 0 Å². The predicted octanol–water partition coefficient (Wildman–Crippen LogP) is 1.69. The smallest absolute Gasteiger partial charge is 0.253 e. The molecule has 1 aliphatic heterocycles. The number of amides is 1. The van der Waals surface area contributed by atoms with Crippen LogP contribution >= 0.6 is 12.4 Å². The number of hydrogen-bond donors (Lipinski definition) is 1. The van der Waals surface area contributed by atoms with E-state index in [4.69, 9.17) is 4.74 Å². The van der Waals surface area contributed by atoms with Crippen molar-refractivity contribution in [2.24, 2.45) is 0 Å². The fourth-order valence-corrected chi connectivity index (χ4v) is 2.25. The fourth-order valence-electron chi connectivity index (χ4n) is 2.25. The van der Waals surface area contributed by atoms with Gasteiger partial charge in [0.15, 0.2) is 0 Å². The van der Waals surface area contributed by atoms with Crippen LogP contribution in [0.2, 0.25) is 0 Å². The van der Waals surface area contributed by atoms with E-state index in [1.165, 1.54) is 0 Å². The average molecular weight is 285 g/mol. The third kappa shape index (κ3) is 3.93. The summed E-state index contributed by atoms with van der Waals surface area (Å²) in [5, 5.41) is 3.28. The van der Waals surface area contributed by atoms with E-state index >= 15 is 0 Å². The van der Waals surface area contributed by atoms with Gasteiger partial charge in [0, 0.05) is 32.3 Å². The molecule has 106 valence electrons. The molecule has 0 spiro atoms. The van der Waals surface area contributed by atoms with Crippen molar-refractivity contribution in [1.29, 1.82) is 0 Å². The molecule has 19 heavy (non-hydrogen) atoms. The first-order chi connectivity index (χ1) is 8.72. The van der Waals surface area contributed by atoms with E-state index < -0.39 is 0 Å². The number of hydrogen-bond acceptors (Lipinski definition) is 3. The Hall–Kier alpha value is -1.10. The summed E-state index contributed by atoms with van der Waals surface area (Å²) in [5.41, 5.74) is 1.82. The Kier molecular flexibility index (Phi) is 6.28. The van der Waals surface area contributed by atoms with Crippen molar-refractivity contribution in [2.75, 3.05) is 27.2 Å². The molecule has 0 aliphatic carbocycles. The van der Waals surface area contributed by atoms with Gasteiger partial charge in [-0.3, -0.25) is 4.79 Å². The molecule has 1 saturated heterocycles. The molecule has 1 aliphatic rings. The highest BCUT2D eigenvalue weighted by Gasteiger charge is 2.23. The number of rotatable bonds is 4. The molecule has 0 aromatic heterocycles. The number of carbonyl (C=O) groups is 1. The molecule has 0 bridgehead atoms. The lowest BCUT2D eigenvalue weighted by molar-refractivity contribution is 0.0743. The minimum absolute atomic E-state index is 0. The third-order valence-corrected chi connectivity index (χ3v) is 3.41. The second-order valence-electron chi connectivity index (χ2n) is 4.69. The van der Waals surface area contributed by atoms with E-state index in [1.807, 2.05) is 36.2 Å². The highest BCUT2D eigenvalue weighted by atomic mass is 35.5. The number of ether oxygens (including phenoxy) is 1. The van der Waals surface area contributed by atoms with Crippen LogP contribution in [0.25, 0.3) is 0 Å². The van der Waals surface area contributed by atoms with Crippen LogP contribution in [0.5, 0.6) is 0 Å². The predicted molar refractivity (Wildman–Crippen MR) is 77.8 cm³/mol. The minimum Gasteiger partial charge on any atom is -0.380 e. The molecule has 1 amide bonds. The second kappa shape index (κ2) is 7.48. The van der Waals surface area contributed by atoms with Crippen LogP contribution in [0, 0.1) is 0 Å². The number of methoxy groups -OCH3 is 1. The molecule has 1 fully saturated rings. The van der Waals surface area contributed by atoms with Crippen molar-refractivity contribution < 1.29 is 9.53 Å². The fraction of sp³-hybridized carbons (Fsp3) is 0.500. The number of likely N-dealkylation sites (N-methyl/N-ethyl adjacent to an activating group) is 1. The van der Waals surface area contributed by atoms with Crippen molar-refractivity contribution in [1.82, 2.24) is 10.2 Å². The first-order valence-electron chi connectivity index (χ1n) is 6.28. The van der Waals surface area contributed by atoms with Crippen molar-refractivity contribution >= 4 is 18.3 Å². The van der Waals surface area contributed by atoms with Gasteiger partial charge in [0.2, 0.25) is 0 Å². The van der Waals surface area contributed by atoms with Gasteiger partial charge in [-0.25, -0.2) is 0 Å². The van der Waals surface area contributed by atoms with Gasteiger partial charge in [-0.1, -0.05) is 12.1 Å². The van der Waals surface area contributed by atoms with Gasteiger partial charge in [0.1, 0.15) is 0 Å². The zero-order valence-electron chi connectivity index (χ0n) is 11.4. The molecule has 0 radical (unpaired) electrons. The molecule has 1 heterocycles. The van der Waals surface area contributed by atoms with Crippen LogP contribution in [0.4, 0.5) is 0 Å². The summed E-state index contributed by atoms with van der Waals surface area (Å²) in [5.74, 6) is 0.0904. The van der Waals surface area contributed by atoms with Gasteiger partial charge in [0.05, 0.1) is 6.61 Å². The first kappa shape index (κ1) is 16.0. The monoisotopic (exact) mass is 284 g/mol. The van der Waals surface area contributed by atoms with E-state index in [0.29, 0.717) is 12.6 Å². The van der Waals surface area contributed by atoms with Gasteiger partial charge >= 0.3 is 0 Å². The normalized spacial score (nSPS) is 17.9. The zero-order chi connectivity index (χ0) is 13.0. The van der Waals surface area contributed by atoms with Crippen LogP contribution in [0.3, 0.4) is 0 Å². The average Bonchev–Trinajstić information content (AvgIpc) is 2.92. The number of benzene rings is 1. The topological polar surface area (TPSA) is 41.6 Å². The summed E-state index contributed by atoms with van der Waals surface area (Å²) in [6.45, 7) is 2.47. The number of halogens is 1. The molecule has 1 aromatic carbocycles. The molecule has 4 nitrogen and oxygen atoms in total. The SMILES string of the molecule is COCc1ccc(C(=O)N(C)C2CCNC2)cc1.Cl. The Morgan fingerprint density at radius 3 is 2.63 bits per heavy atom. The third-order valence-electron chi connectivity index (χ3n) is 3.41. The zero-order valence-corrected chi connectivity index (χ0v) is 12.2. The summed E-state index contributed by atoms with van der Waals surface area (Å²) < 4.78 is 5.05. The number of nitrogens with zero attached hydrogens (tertiary/aromatic N) is 1. The Balaban J connectivity index is 0.00000180. The highest BCUT2D eigenvalue weighted by molar-refractivity contribution is 5.94. The summed E-state index contributed by atoms with van der Waals surface area (Å²) in [7, 11) is 3.54. The molecule has 5 heteroatoms. The molecule has 2 rings (SSSR count). The lowest BCUT2D eigenvalue weighted by Gasteiger charge is -2.23. The lowest BCUT2D eigenvalue weighted by Crippen LogP contribution is -2.38. The summed E-state index contributed by atoms with van der Waals surface area (Å²) in [4.78, 5) is 14.1. The quantitative estimate of drug-likeness (QED) is 0.915. The number of nitrogens with one attached hydrogen (secondary N) is 1. The largest absolute Gasteiger partial charge is 0.380 e. The summed E-state index contributed by atoms with van der Waals surface area (Å²) in [6.07, 6.45) is 1.03. The minimum atomic E-state index is 0. The Morgan fingerprint density at radius 1 is 1.42 bits per heavy atom. The van der Waals surface area contributed by atoms with E-state index in [1.54, 1.807) is 7.11 Å². The highest BCUT2D eigenvalue weighted by Crippen LogP contribution is 2.12. The maximum Gasteiger partial charge on any atom is 0.253 e. The summed E-state index contributed by atoms with van der Waals surface area (Å²) in [6, 6.07) is 7.94. The maximum absolute atomic E-state index is 12.3. The molecular formula is C14H21ClN2O2. The molecule has 0 saturated carbocycles. The lowest BCUT2D eigenvalue weighted by atomic mass is 10.1. The molecule has 1 N–H and O–H groups in total. The van der Waals surface area contributed by atoms with Gasteiger partial charge in [0.25, 0.3) is 5.91 Å². The van der Waals surface area contributed by atoms with Crippen LogP contribution < -0.4 is 5.32 Å². The maximum atomic E-state index is 12.3. The van der Waals surface area contributed by atoms with Crippen LogP contribution in [-0.4, -0.2) is 44.1 Å². The first-order valence-corrected chi connectivity index (χ1v) is 6.28. The van der Waals surface area contributed by atoms with Crippen molar-refractivity contribution in [3.05, 3.63) is 35.4 Å². The Labute approximate surface area is 120 Å². The molecular weight excluding hydrogens is 264 g/mol. The molecule has 1 atom stereocenters. The van der Waals surface area contributed by atoms with Crippen LogP contribution in [0.15, 0.2) is 24.3 Å². The van der Waals surface area contributed by atoms with E-state index in [9.17, 15) is 4.79 Å². The summed E-state index contributed by atoms with van der Waals surface area (Å²) >= 11 is 0. The Morgan fingerprint density at radius 2 is 2.11 bits per heavy atom. The van der Waals surface area contributed by atoms with E-state index in [0.717, 1.165) is 30.6 Å². The van der Waals surface area contributed by atoms with Crippen molar-refractivity contribution in [2.45, 2.75) is 19.1 Å². The van der Waals surface area contributed by atoms with E-state index in [2.05, 4.69) is 5.32 Å². The molecule has 1 unspecified atom stereocenters. The van der Waals surface area contributed by atoms with Gasteiger partial charge in [-0.15, -0.1) is 12.4 Å². The standard InChI is InChI=1S/C14H20N2O2.ClH/c1-16(13-7-8-15-9-13)14(17)12-5-3-11(4-6-12)10-18-2;/h3-6,13,15H,7-10H2,1-2H3;1H. The van der Waals surface area contributed by atoms with Crippen LogP contribution in [-0.2, 0) is 11.3 Å². The van der Waals surface area contributed by atoms with Crippen LogP contribution in [0.1, 0.15) is 22.3 Å². The number of carbonyl (C=O) groups excluding carboxylic acids is 1. The second-order valence-corrected chi connectivity index (χ2v) is 4.69.